The van der Waals surface area contributed by atoms with Crippen LogP contribution >= 0.6 is 0 Å². The molecule has 1 heterocycles. The van der Waals surface area contributed by atoms with E-state index in [-0.39, 0.29) is 5.60 Å². The fourth-order valence-corrected chi connectivity index (χ4v) is 0.896. The summed E-state index contributed by atoms with van der Waals surface area (Å²) < 4.78 is 12.8. The first-order valence-electron chi connectivity index (χ1n) is 4.72. The van der Waals surface area contributed by atoms with Crippen molar-refractivity contribution in [1.82, 2.24) is 4.98 Å². The molecule has 0 unspecified atom stereocenters. The number of hydrogen-bond donors (Lipinski definition) is 0. The second-order valence-corrected chi connectivity index (χ2v) is 4.31. The highest BCUT2D eigenvalue weighted by atomic mass is 19.1. The van der Waals surface area contributed by atoms with E-state index in [1.165, 1.54) is 12.4 Å². The van der Waals surface area contributed by atoms with Crippen molar-refractivity contribution in [3.05, 3.63) is 29.3 Å². The van der Waals surface area contributed by atoms with E-state index in [1.54, 1.807) is 13.0 Å². The van der Waals surface area contributed by atoms with Crippen LogP contribution in [0.3, 0.4) is 0 Å². The van der Waals surface area contributed by atoms with Crippen molar-refractivity contribution in [3.8, 4) is 0 Å². The smallest absolute Gasteiger partial charge is 0.215 e. The van der Waals surface area contributed by atoms with Crippen LogP contribution in [0.2, 0.25) is 0 Å². The topological polar surface area (TPSA) is 34.5 Å². The van der Waals surface area contributed by atoms with E-state index in [2.05, 4.69) is 10.1 Å². The molecule has 0 N–H and O–H groups in total. The van der Waals surface area contributed by atoms with E-state index in [0.717, 1.165) is 5.56 Å². The average molecular weight is 210 g/mol. The van der Waals surface area contributed by atoms with Crippen LogP contribution in [-0.4, -0.2) is 16.8 Å². The van der Waals surface area contributed by atoms with Crippen molar-refractivity contribution < 1.29 is 9.23 Å². The van der Waals surface area contributed by atoms with Gasteiger partial charge in [0.15, 0.2) is 0 Å². The predicted molar refractivity (Wildman–Crippen MR) is 57.4 cm³/mol. The molecular weight excluding hydrogens is 195 g/mol. The third-order valence-electron chi connectivity index (χ3n) is 1.56. The summed E-state index contributed by atoms with van der Waals surface area (Å²) in [6, 6.07) is 1.66. The molecule has 0 saturated heterocycles. The molecule has 15 heavy (non-hydrogen) atoms. The summed E-state index contributed by atoms with van der Waals surface area (Å²) in [5, 5.41) is 3.80. The monoisotopic (exact) mass is 210 g/mol. The summed E-state index contributed by atoms with van der Waals surface area (Å²) in [6.07, 6.45) is 2.93. The van der Waals surface area contributed by atoms with Gasteiger partial charge in [0.1, 0.15) is 5.60 Å². The van der Waals surface area contributed by atoms with Gasteiger partial charge in [-0.1, -0.05) is 5.16 Å². The fraction of sp³-hybridized carbons (Fsp3) is 0.455. The van der Waals surface area contributed by atoms with E-state index in [4.69, 9.17) is 4.84 Å². The number of hydrogen-bond acceptors (Lipinski definition) is 3. The third-order valence-corrected chi connectivity index (χ3v) is 1.56. The molecule has 0 aliphatic rings. The maximum absolute atomic E-state index is 12.8. The van der Waals surface area contributed by atoms with Gasteiger partial charge in [0.25, 0.3) is 0 Å². The molecule has 3 nitrogen and oxygen atoms in total. The predicted octanol–water partition coefficient (Wildman–Crippen LogP) is 2.68. The summed E-state index contributed by atoms with van der Waals surface area (Å²) in [5.41, 5.74) is 0.895. The Morgan fingerprint density at radius 1 is 1.47 bits per heavy atom. The highest BCUT2D eigenvalue weighted by molar-refractivity contribution is 5.78. The molecule has 0 aromatic carbocycles. The normalized spacial score (nSPS) is 12.1. The standard InChI is InChI=1S/C11H15FN2O/c1-8-5-9(6-13-10(8)12)7-14-15-11(2,3)4/h5-7H,1-4H3/b14-7-. The Hall–Kier alpha value is -1.45. The summed E-state index contributed by atoms with van der Waals surface area (Å²) in [4.78, 5) is 8.73. The van der Waals surface area contributed by atoms with Crippen LogP contribution in [0.4, 0.5) is 4.39 Å². The minimum Gasteiger partial charge on any atom is -0.390 e. The zero-order valence-electron chi connectivity index (χ0n) is 9.41. The summed E-state index contributed by atoms with van der Waals surface area (Å²) in [6.45, 7) is 7.36. The van der Waals surface area contributed by atoms with Crippen molar-refractivity contribution in [2.24, 2.45) is 5.16 Å². The Bertz CT molecular complexity index is 369. The molecule has 0 amide bonds. The lowest BCUT2D eigenvalue weighted by atomic mass is 10.2. The molecule has 0 bridgehead atoms. The number of pyridine rings is 1. The third kappa shape index (κ3) is 4.06. The van der Waals surface area contributed by atoms with Gasteiger partial charge >= 0.3 is 0 Å². The summed E-state index contributed by atoms with van der Waals surface area (Å²) in [7, 11) is 0. The minimum absolute atomic E-state index is 0.320. The van der Waals surface area contributed by atoms with Crippen LogP contribution in [0.1, 0.15) is 31.9 Å². The van der Waals surface area contributed by atoms with Crippen molar-refractivity contribution in [1.29, 1.82) is 0 Å². The Morgan fingerprint density at radius 2 is 2.13 bits per heavy atom. The summed E-state index contributed by atoms with van der Waals surface area (Å²) >= 11 is 0. The number of aryl methyl sites for hydroxylation is 1. The molecule has 0 saturated carbocycles. The second-order valence-electron chi connectivity index (χ2n) is 4.31. The largest absolute Gasteiger partial charge is 0.390 e. The average Bonchev–Trinajstić information content (AvgIpc) is 2.09. The lowest BCUT2D eigenvalue weighted by Gasteiger charge is -2.14. The van der Waals surface area contributed by atoms with Crippen LogP contribution in [0.5, 0.6) is 0 Å². The molecular formula is C11H15FN2O. The van der Waals surface area contributed by atoms with Crippen LogP contribution in [-0.2, 0) is 4.84 Å². The first-order valence-corrected chi connectivity index (χ1v) is 4.72. The number of oxime groups is 1. The lowest BCUT2D eigenvalue weighted by Crippen LogP contribution is -2.15. The summed E-state index contributed by atoms with van der Waals surface area (Å²) in [5.74, 6) is -0.455. The molecule has 0 fully saturated rings. The maximum atomic E-state index is 12.8. The Kier molecular flexibility index (Phi) is 3.39. The van der Waals surface area contributed by atoms with E-state index in [1.807, 2.05) is 20.8 Å². The minimum atomic E-state index is -0.455. The molecule has 4 heteroatoms. The number of nitrogens with zero attached hydrogens (tertiary/aromatic N) is 2. The van der Waals surface area contributed by atoms with Gasteiger partial charge in [0, 0.05) is 17.3 Å². The van der Waals surface area contributed by atoms with Crippen molar-refractivity contribution in [2.75, 3.05) is 0 Å². The van der Waals surface area contributed by atoms with Crippen molar-refractivity contribution in [3.63, 3.8) is 0 Å². The van der Waals surface area contributed by atoms with Gasteiger partial charge in [-0.15, -0.1) is 0 Å². The zero-order chi connectivity index (χ0) is 11.5. The van der Waals surface area contributed by atoms with Crippen LogP contribution in [0.15, 0.2) is 17.4 Å². The molecule has 1 rings (SSSR count). The SMILES string of the molecule is Cc1cc(/C=N\OC(C)(C)C)cnc1F. The van der Waals surface area contributed by atoms with E-state index in [0.29, 0.717) is 5.56 Å². The molecule has 0 aliphatic carbocycles. The first kappa shape index (κ1) is 11.6. The van der Waals surface area contributed by atoms with Crippen LogP contribution in [0.25, 0.3) is 0 Å². The number of aromatic nitrogens is 1. The van der Waals surface area contributed by atoms with Gasteiger partial charge < -0.3 is 4.84 Å². The zero-order valence-corrected chi connectivity index (χ0v) is 9.41. The molecule has 0 radical (unpaired) electrons. The van der Waals surface area contributed by atoms with Gasteiger partial charge in [-0.25, -0.2) is 4.98 Å². The highest BCUT2D eigenvalue weighted by Crippen LogP contribution is 2.08. The van der Waals surface area contributed by atoms with Gasteiger partial charge in [-0.05, 0) is 33.8 Å². The second kappa shape index (κ2) is 4.38. The molecule has 0 atom stereocenters. The molecule has 0 aliphatic heterocycles. The molecule has 1 aromatic rings. The molecule has 1 aromatic heterocycles. The Labute approximate surface area is 89.0 Å². The van der Waals surface area contributed by atoms with E-state index >= 15 is 0 Å². The van der Waals surface area contributed by atoms with Gasteiger partial charge in [-0.3, -0.25) is 0 Å². The highest BCUT2D eigenvalue weighted by Gasteiger charge is 2.09. The van der Waals surface area contributed by atoms with Crippen molar-refractivity contribution in [2.45, 2.75) is 33.3 Å². The molecule has 0 spiro atoms. The van der Waals surface area contributed by atoms with Crippen LogP contribution in [0, 0.1) is 12.9 Å². The number of rotatable bonds is 2. The first-order chi connectivity index (χ1) is 6.88. The quantitative estimate of drug-likeness (QED) is 0.427. The van der Waals surface area contributed by atoms with Gasteiger partial charge in [-0.2, -0.15) is 4.39 Å². The Balaban J connectivity index is 2.69. The van der Waals surface area contributed by atoms with Gasteiger partial charge in [0.2, 0.25) is 5.95 Å². The lowest BCUT2D eigenvalue weighted by molar-refractivity contribution is 0.00199. The van der Waals surface area contributed by atoms with Gasteiger partial charge in [0.05, 0.1) is 6.21 Å². The number of halogens is 1. The van der Waals surface area contributed by atoms with E-state index in [9.17, 15) is 4.39 Å². The fourth-order valence-electron chi connectivity index (χ4n) is 0.896. The van der Waals surface area contributed by atoms with Crippen molar-refractivity contribution >= 4 is 6.21 Å². The molecule has 82 valence electrons. The van der Waals surface area contributed by atoms with E-state index < -0.39 is 5.95 Å². The Morgan fingerprint density at radius 3 is 2.67 bits per heavy atom. The van der Waals surface area contributed by atoms with Crippen LogP contribution < -0.4 is 0 Å². The maximum Gasteiger partial charge on any atom is 0.215 e.